The predicted octanol–water partition coefficient (Wildman–Crippen LogP) is 3.75. The zero-order valence-corrected chi connectivity index (χ0v) is 15.6. The summed E-state index contributed by atoms with van der Waals surface area (Å²) in [5.41, 5.74) is -1.69. The van der Waals surface area contributed by atoms with E-state index in [9.17, 15) is 31.5 Å². The Morgan fingerprint density at radius 2 is 1.73 bits per heavy atom. The highest BCUT2D eigenvalue weighted by Gasteiger charge is 2.69. The number of hydrogen-bond donors (Lipinski definition) is 1. The maximum absolute atomic E-state index is 12.7. The minimum atomic E-state index is -4.49. The topological polar surface area (TPSA) is 80.7 Å². The number of carbonyl (C=O) groups is 1. The lowest BCUT2D eigenvalue weighted by Gasteiger charge is -2.42. The molecule has 1 amide bonds. The van der Waals surface area contributed by atoms with Gasteiger partial charge in [0.1, 0.15) is 18.2 Å². The second-order valence-corrected chi connectivity index (χ2v) is 8.97. The lowest BCUT2D eigenvalue weighted by molar-refractivity contribution is -0.805. The molecule has 1 aliphatic rings. The number of quaternary nitrogens is 1. The molecule has 1 aliphatic heterocycles. The highest BCUT2D eigenvalue weighted by Crippen LogP contribution is 2.45. The zero-order chi connectivity index (χ0) is 20.1. The third-order valence-electron chi connectivity index (χ3n) is 4.83. The summed E-state index contributed by atoms with van der Waals surface area (Å²) in [6.07, 6.45) is -6.08. The smallest absolute Gasteiger partial charge is 0.434 e. The standard InChI is InChI=1S/C16H20F3NO5S/c1-10(11-5-7-12(8-6-11)16(17,18)19)13-9-25-26(23,24)20(13,14(21)22)15(2,3)4/h5-8,10,13H,9H2,1-4H3/p+1/t10?,13?,20-/m1/s1. The van der Waals surface area contributed by atoms with Crippen molar-refractivity contribution >= 4 is 16.4 Å². The fraction of sp³-hybridized carbons (Fsp3) is 0.562. The largest absolute Gasteiger partial charge is 0.532 e. The van der Waals surface area contributed by atoms with Crippen molar-refractivity contribution in [1.82, 2.24) is 0 Å². The van der Waals surface area contributed by atoms with Gasteiger partial charge in [0.25, 0.3) is 0 Å². The first-order valence-corrected chi connectivity index (χ1v) is 9.22. The third-order valence-corrected chi connectivity index (χ3v) is 6.94. The lowest BCUT2D eigenvalue weighted by Crippen LogP contribution is -2.68. The summed E-state index contributed by atoms with van der Waals surface area (Å²) >= 11 is 0. The number of rotatable bonds is 2. The molecule has 3 atom stereocenters. The SMILES string of the molecule is CC(c1ccc(C(F)(F)F)cc1)C1COS(=O)(=O)[N@+]1(C(=O)O)C(C)(C)C. The van der Waals surface area contributed by atoms with E-state index in [2.05, 4.69) is 0 Å². The summed E-state index contributed by atoms with van der Waals surface area (Å²) in [7, 11) is -4.48. The Bertz CT molecular complexity index is 799. The Kier molecular flexibility index (Phi) is 4.93. The summed E-state index contributed by atoms with van der Waals surface area (Å²) in [4.78, 5) is 12.1. The molecule has 6 nitrogen and oxygen atoms in total. The lowest BCUT2D eigenvalue weighted by atomic mass is 9.89. The van der Waals surface area contributed by atoms with Crippen molar-refractivity contribution < 1.29 is 39.6 Å². The van der Waals surface area contributed by atoms with Crippen LogP contribution >= 0.6 is 0 Å². The number of carboxylic acid groups (broad SMARTS) is 1. The summed E-state index contributed by atoms with van der Waals surface area (Å²) in [5, 5.41) is 9.82. The van der Waals surface area contributed by atoms with Gasteiger partial charge in [-0.25, -0.2) is 4.18 Å². The number of hydrogen-bond acceptors (Lipinski definition) is 4. The van der Waals surface area contributed by atoms with E-state index in [4.69, 9.17) is 4.18 Å². The first kappa shape index (κ1) is 20.7. The molecule has 146 valence electrons. The highest BCUT2D eigenvalue weighted by molar-refractivity contribution is 7.81. The normalized spacial score (nSPS) is 27.3. The minimum absolute atomic E-state index is 0.367. The second kappa shape index (κ2) is 6.21. The Labute approximate surface area is 150 Å². The molecule has 0 aliphatic carbocycles. The van der Waals surface area contributed by atoms with Crippen molar-refractivity contribution in [2.75, 3.05) is 6.61 Å². The van der Waals surface area contributed by atoms with Crippen molar-refractivity contribution in [3.63, 3.8) is 0 Å². The van der Waals surface area contributed by atoms with Crippen LogP contribution in [0.5, 0.6) is 0 Å². The predicted molar refractivity (Wildman–Crippen MR) is 86.6 cm³/mol. The quantitative estimate of drug-likeness (QED) is 0.770. The molecule has 0 saturated carbocycles. The third kappa shape index (κ3) is 2.99. The van der Waals surface area contributed by atoms with Crippen LogP contribution in [0.15, 0.2) is 24.3 Å². The molecule has 26 heavy (non-hydrogen) atoms. The van der Waals surface area contributed by atoms with Crippen molar-refractivity contribution in [2.24, 2.45) is 0 Å². The molecule has 1 N–H and O–H groups in total. The van der Waals surface area contributed by atoms with Gasteiger partial charge in [-0.3, -0.25) is 0 Å². The summed E-state index contributed by atoms with van der Waals surface area (Å²) in [6.45, 7) is 5.63. The number of halogens is 3. The van der Waals surface area contributed by atoms with Gasteiger partial charge in [0.05, 0.1) is 5.56 Å². The number of amides is 1. The van der Waals surface area contributed by atoms with Crippen molar-refractivity contribution in [3.05, 3.63) is 35.4 Å². The number of nitrogens with zero attached hydrogens (tertiary/aromatic N) is 1. The molecule has 2 unspecified atom stereocenters. The summed E-state index contributed by atoms with van der Waals surface area (Å²) < 4.78 is 66.7. The first-order valence-electron chi connectivity index (χ1n) is 7.85. The van der Waals surface area contributed by atoms with Gasteiger partial charge in [-0.05, 0) is 38.5 Å². The van der Waals surface area contributed by atoms with Gasteiger partial charge in [0.15, 0.2) is 0 Å². The fourth-order valence-corrected chi connectivity index (χ4v) is 5.44. The van der Waals surface area contributed by atoms with E-state index in [1.807, 2.05) is 0 Å². The molecule has 0 radical (unpaired) electrons. The van der Waals surface area contributed by atoms with Crippen LogP contribution in [0.2, 0.25) is 0 Å². The molecule has 0 bridgehead atoms. The van der Waals surface area contributed by atoms with Gasteiger partial charge >= 0.3 is 22.6 Å². The second-order valence-electron chi connectivity index (χ2n) is 7.30. The van der Waals surface area contributed by atoms with Crippen LogP contribution in [0.4, 0.5) is 18.0 Å². The van der Waals surface area contributed by atoms with Gasteiger partial charge in [0, 0.05) is 5.92 Å². The van der Waals surface area contributed by atoms with E-state index in [1.54, 1.807) is 6.92 Å². The Morgan fingerprint density at radius 1 is 1.23 bits per heavy atom. The minimum Gasteiger partial charge on any atom is -0.434 e. The Morgan fingerprint density at radius 3 is 2.12 bits per heavy atom. The van der Waals surface area contributed by atoms with Crippen molar-refractivity contribution in [3.8, 4) is 0 Å². The molecule has 1 aromatic carbocycles. The summed E-state index contributed by atoms with van der Waals surface area (Å²) in [5.74, 6) is -0.676. The Balaban J connectivity index is 2.54. The van der Waals surface area contributed by atoms with Gasteiger partial charge in [-0.1, -0.05) is 22.9 Å². The van der Waals surface area contributed by atoms with Crippen LogP contribution in [0.3, 0.4) is 0 Å². The van der Waals surface area contributed by atoms with E-state index in [0.717, 1.165) is 12.1 Å². The number of alkyl halides is 3. The molecular formula is C16H21F3NO5S+. The molecule has 2 rings (SSSR count). The van der Waals surface area contributed by atoms with E-state index >= 15 is 0 Å². The van der Waals surface area contributed by atoms with Gasteiger partial charge in [-0.15, -0.1) is 8.42 Å². The monoisotopic (exact) mass is 396 g/mol. The average Bonchev–Trinajstić information content (AvgIpc) is 2.77. The van der Waals surface area contributed by atoms with Crippen molar-refractivity contribution in [1.29, 1.82) is 0 Å². The van der Waals surface area contributed by atoms with E-state index < -0.39 is 49.5 Å². The molecule has 1 fully saturated rings. The molecule has 1 aromatic rings. The van der Waals surface area contributed by atoms with Crippen LogP contribution < -0.4 is 0 Å². The van der Waals surface area contributed by atoms with E-state index in [-0.39, 0.29) is 6.61 Å². The maximum Gasteiger partial charge on any atom is 0.532 e. The highest BCUT2D eigenvalue weighted by atomic mass is 32.2. The van der Waals surface area contributed by atoms with Crippen molar-refractivity contribution in [2.45, 2.75) is 51.4 Å². The van der Waals surface area contributed by atoms with Crippen LogP contribution in [-0.2, 0) is 20.7 Å². The van der Waals surface area contributed by atoms with Crippen LogP contribution in [0.25, 0.3) is 0 Å². The van der Waals surface area contributed by atoms with Crippen LogP contribution in [-0.4, -0.2) is 41.7 Å². The molecule has 1 saturated heterocycles. The average molecular weight is 396 g/mol. The van der Waals surface area contributed by atoms with E-state index in [0.29, 0.717) is 5.56 Å². The summed E-state index contributed by atoms with van der Waals surface area (Å²) in [6, 6.07) is 3.23. The van der Waals surface area contributed by atoms with Gasteiger partial charge in [-0.2, -0.15) is 18.0 Å². The molecular weight excluding hydrogens is 375 g/mol. The molecule has 1 heterocycles. The zero-order valence-electron chi connectivity index (χ0n) is 14.7. The molecule has 10 heteroatoms. The molecule has 0 aromatic heterocycles. The molecule has 0 spiro atoms. The number of benzene rings is 1. The van der Waals surface area contributed by atoms with Crippen LogP contribution in [0.1, 0.15) is 44.7 Å². The van der Waals surface area contributed by atoms with Gasteiger partial charge in [0.2, 0.25) is 0 Å². The van der Waals surface area contributed by atoms with Gasteiger partial charge < -0.3 is 5.11 Å². The first-order chi connectivity index (χ1) is 11.7. The van der Waals surface area contributed by atoms with E-state index in [1.165, 1.54) is 32.9 Å². The van der Waals surface area contributed by atoms with Crippen LogP contribution in [0, 0.1) is 0 Å². The maximum atomic E-state index is 12.7. The Hall–Kier alpha value is -1.65. The fourth-order valence-electron chi connectivity index (χ4n) is 3.52.